The summed E-state index contributed by atoms with van der Waals surface area (Å²) in [6.45, 7) is 3.57. The van der Waals surface area contributed by atoms with E-state index in [0.29, 0.717) is 6.42 Å². The van der Waals surface area contributed by atoms with Gasteiger partial charge in [0.1, 0.15) is 5.25 Å². The van der Waals surface area contributed by atoms with Crippen molar-refractivity contribution < 1.29 is 17.8 Å². The van der Waals surface area contributed by atoms with Crippen molar-refractivity contribution in [3.8, 4) is 0 Å². The van der Waals surface area contributed by atoms with Gasteiger partial charge in [-0.15, -0.1) is 0 Å². The Balaban J connectivity index is 0. The summed E-state index contributed by atoms with van der Waals surface area (Å²) in [5.74, 6) is -0.142. The van der Waals surface area contributed by atoms with Crippen molar-refractivity contribution in [2.75, 3.05) is 6.54 Å². The van der Waals surface area contributed by atoms with E-state index in [-0.39, 0.29) is 42.0 Å². The molecule has 140 valence electrons. The molecule has 0 heterocycles. The molecule has 0 rings (SSSR count). The third-order valence-corrected chi connectivity index (χ3v) is 5.29. The first-order chi connectivity index (χ1) is 10.9. The summed E-state index contributed by atoms with van der Waals surface area (Å²) in [5.41, 5.74) is 0. The van der Waals surface area contributed by atoms with Crippen LogP contribution in [0.15, 0.2) is 0 Å². The third kappa shape index (κ3) is 17.2. The summed E-state index contributed by atoms with van der Waals surface area (Å²) < 4.78 is 30.4. The predicted octanol–water partition coefficient (Wildman–Crippen LogP) is 3.43. The molecule has 0 aromatic rings. The van der Waals surface area contributed by atoms with Gasteiger partial charge in [0.05, 0.1) is 0 Å². The number of hydrogen-bond acceptors (Lipinski definition) is 3. The Bertz CT molecular complexity index is 401. The normalized spacial score (nSPS) is 12.5. The Kier molecular flexibility index (Phi) is 18.7. The van der Waals surface area contributed by atoms with Crippen molar-refractivity contribution in [3.63, 3.8) is 0 Å². The van der Waals surface area contributed by atoms with Crippen LogP contribution in [0.5, 0.6) is 0 Å². The fourth-order valence-corrected chi connectivity index (χ4v) is 2.69. The van der Waals surface area contributed by atoms with E-state index in [9.17, 15) is 13.2 Å². The molecule has 0 aliphatic rings. The molecule has 0 saturated carbocycles. The van der Waals surface area contributed by atoms with E-state index in [1.54, 1.807) is 0 Å². The number of hydrogen-bond donors (Lipinski definition) is 2. The average molecular weight is 374 g/mol. The van der Waals surface area contributed by atoms with Crippen molar-refractivity contribution in [1.82, 2.24) is 5.32 Å². The van der Waals surface area contributed by atoms with Gasteiger partial charge in [-0.2, -0.15) is 8.42 Å². The summed E-state index contributed by atoms with van der Waals surface area (Å²) in [6.07, 6.45) is 14.0. The van der Waals surface area contributed by atoms with Crippen LogP contribution in [0.3, 0.4) is 0 Å². The molecular weight excluding hydrogens is 337 g/mol. The SMILES string of the molecule is CCCCCCCCCCCCCC(=O)NCC(C)S(=O)(=O)O.[NaH]. The van der Waals surface area contributed by atoms with Crippen LogP contribution >= 0.6 is 0 Å². The standard InChI is InChI=1S/C17H35NO4S.Na.H/c1-3-4-5-6-7-8-9-10-11-12-13-14-17(19)18-15-16(2)23(20,21)22;;/h16H,3-15H2,1-2H3,(H,18,19)(H,20,21,22);;. The van der Waals surface area contributed by atoms with Crippen LogP contribution in [0.1, 0.15) is 90.9 Å². The van der Waals surface area contributed by atoms with Gasteiger partial charge < -0.3 is 5.32 Å². The molecule has 0 aromatic heterocycles. The van der Waals surface area contributed by atoms with Gasteiger partial charge in [-0.3, -0.25) is 9.35 Å². The van der Waals surface area contributed by atoms with Crippen LogP contribution in [-0.4, -0.2) is 60.2 Å². The van der Waals surface area contributed by atoms with Gasteiger partial charge in [-0.05, 0) is 13.3 Å². The average Bonchev–Trinajstić information content (AvgIpc) is 2.49. The fraction of sp³-hybridized carbons (Fsp3) is 0.941. The molecule has 2 N–H and O–H groups in total. The first-order valence-corrected chi connectivity index (χ1v) is 10.6. The van der Waals surface area contributed by atoms with Crippen molar-refractivity contribution in [2.24, 2.45) is 0 Å². The molecule has 1 unspecified atom stereocenters. The second-order valence-electron chi connectivity index (χ2n) is 6.42. The zero-order valence-electron chi connectivity index (χ0n) is 14.8. The van der Waals surface area contributed by atoms with Crippen LogP contribution in [0, 0.1) is 0 Å². The molecule has 0 saturated heterocycles. The molecule has 0 fully saturated rings. The van der Waals surface area contributed by atoms with E-state index in [1.807, 2.05) is 0 Å². The second-order valence-corrected chi connectivity index (χ2v) is 8.25. The van der Waals surface area contributed by atoms with Crippen molar-refractivity contribution in [3.05, 3.63) is 0 Å². The molecule has 5 nitrogen and oxygen atoms in total. The van der Waals surface area contributed by atoms with Crippen LogP contribution in [0.2, 0.25) is 0 Å². The Labute approximate surface area is 170 Å². The maximum atomic E-state index is 11.5. The summed E-state index contributed by atoms with van der Waals surface area (Å²) in [4.78, 5) is 11.5. The molecule has 0 aromatic carbocycles. The van der Waals surface area contributed by atoms with E-state index < -0.39 is 15.4 Å². The molecule has 1 atom stereocenters. The molecule has 7 heteroatoms. The zero-order valence-corrected chi connectivity index (χ0v) is 15.7. The van der Waals surface area contributed by atoms with Gasteiger partial charge in [0.25, 0.3) is 10.1 Å². The third-order valence-electron chi connectivity index (χ3n) is 4.10. The number of amides is 1. The van der Waals surface area contributed by atoms with Gasteiger partial charge in [0, 0.05) is 13.0 Å². The Morgan fingerprint density at radius 3 is 1.75 bits per heavy atom. The summed E-state index contributed by atoms with van der Waals surface area (Å²) in [6, 6.07) is 0. The minimum atomic E-state index is -4.06. The molecule has 0 spiro atoms. The topological polar surface area (TPSA) is 83.5 Å². The molecule has 1 amide bonds. The van der Waals surface area contributed by atoms with E-state index >= 15 is 0 Å². The molecular formula is C17H36NNaO4S. The molecule has 0 aliphatic carbocycles. The first kappa shape index (κ1) is 26.6. The Hall–Kier alpha value is 0.380. The van der Waals surface area contributed by atoms with Gasteiger partial charge in [-0.1, -0.05) is 71.1 Å². The summed E-state index contributed by atoms with van der Waals surface area (Å²) in [7, 11) is -4.06. The van der Waals surface area contributed by atoms with Crippen molar-refractivity contribution >= 4 is 45.6 Å². The molecule has 24 heavy (non-hydrogen) atoms. The van der Waals surface area contributed by atoms with Crippen LogP contribution < -0.4 is 5.32 Å². The Morgan fingerprint density at radius 2 is 1.33 bits per heavy atom. The Morgan fingerprint density at radius 1 is 0.917 bits per heavy atom. The van der Waals surface area contributed by atoms with Crippen molar-refractivity contribution in [2.45, 2.75) is 96.1 Å². The van der Waals surface area contributed by atoms with E-state index in [1.165, 1.54) is 58.3 Å². The van der Waals surface area contributed by atoms with Gasteiger partial charge in [-0.25, -0.2) is 0 Å². The van der Waals surface area contributed by atoms with Gasteiger partial charge in [0.15, 0.2) is 0 Å². The fourth-order valence-electron chi connectivity index (χ4n) is 2.40. The van der Waals surface area contributed by atoms with Gasteiger partial charge in [0.2, 0.25) is 5.91 Å². The molecule has 0 bridgehead atoms. The quantitative estimate of drug-likeness (QED) is 0.262. The van der Waals surface area contributed by atoms with Crippen LogP contribution in [0.4, 0.5) is 0 Å². The summed E-state index contributed by atoms with van der Waals surface area (Å²) >= 11 is 0. The minimum absolute atomic E-state index is 0. The number of unbranched alkanes of at least 4 members (excludes halogenated alkanes) is 10. The summed E-state index contributed by atoms with van der Waals surface area (Å²) in [5, 5.41) is 1.59. The van der Waals surface area contributed by atoms with E-state index in [2.05, 4.69) is 12.2 Å². The van der Waals surface area contributed by atoms with Crippen molar-refractivity contribution in [1.29, 1.82) is 0 Å². The number of nitrogens with one attached hydrogen (secondary N) is 1. The first-order valence-electron chi connectivity index (χ1n) is 9.11. The molecule has 0 radical (unpaired) electrons. The number of carbonyl (C=O) groups is 1. The number of carbonyl (C=O) groups excluding carboxylic acids is 1. The second kappa shape index (κ2) is 16.8. The molecule has 0 aliphatic heterocycles. The zero-order chi connectivity index (χ0) is 17.6. The number of rotatable bonds is 15. The van der Waals surface area contributed by atoms with E-state index in [4.69, 9.17) is 4.55 Å². The van der Waals surface area contributed by atoms with E-state index in [0.717, 1.165) is 19.3 Å². The van der Waals surface area contributed by atoms with Gasteiger partial charge >= 0.3 is 29.6 Å². The maximum absolute atomic E-state index is 11.5. The van der Waals surface area contributed by atoms with Crippen LogP contribution in [-0.2, 0) is 14.9 Å². The van der Waals surface area contributed by atoms with Crippen LogP contribution in [0.25, 0.3) is 0 Å². The monoisotopic (exact) mass is 373 g/mol. The predicted molar refractivity (Wildman–Crippen MR) is 102 cm³/mol.